The zero-order valence-electron chi connectivity index (χ0n) is 11.4. The molecule has 0 amide bonds. The molecule has 0 aliphatic heterocycles. The van der Waals surface area contributed by atoms with Crippen LogP contribution in [0, 0.1) is 5.92 Å². The molecule has 1 aliphatic rings. The van der Waals surface area contributed by atoms with E-state index in [9.17, 15) is 18.3 Å². The summed E-state index contributed by atoms with van der Waals surface area (Å²) < 4.78 is 41.4. The van der Waals surface area contributed by atoms with Gasteiger partial charge < -0.3 is 9.84 Å². The molecule has 5 heteroatoms. The number of para-hydroxylation sites is 1. The minimum Gasteiger partial charge on any atom is -0.405 e. The quantitative estimate of drug-likeness (QED) is 0.894. The molecule has 1 saturated carbocycles. The van der Waals surface area contributed by atoms with Crippen LogP contribution in [0.15, 0.2) is 24.3 Å². The summed E-state index contributed by atoms with van der Waals surface area (Å²) in [6.45, 7) is 2.04. The molecule has 2 nitrogen and oxygen atoms in total. The Bertz CT molecular complexity index is 459. The third-order valence-electron chi connectivity index (χ3n) is 4.02. The maximum atomic E-state index is 12.5. The van der Waals surface area contributed by atoms with Crippen LogP contribution >= 0.6 is 0 Å². The minimum atomic E-state index is -4.74. The maximum absolute atomic E-state index is 12.5. The molecule has 2 rings (SSSR count). The Balaban J connectivity index is 2.31. The lowest BCUT2D eigenvalue weighted by atomic mass is 9.73. The normalized spacial score (nSPS) is 27.4. The number of alkyl halides is 3. The van der Waals surface area contributed by atoms with Crippen LogP contribution < -0.4 is 4.74 Å². The van der Waals surface area contributed by atoms with Crippen molar-refractivity contribution < 1.29 is 23.0 Å². The highest BCUT2D eigenvalue weighted by atomic mass is 19.4. The van der Waals surface area contributed by atoms with Crippen LogP contribution in [-0.4, -0.2) is 11.5 Å². The van der Waals surface area contributed by atoms with Crippen molar-refractivity contribution in [2.24, 2.45) is 5.92 Å². The zero-order chi connectivity index (χ0) is 14.8. The number of benzene rings is 1. The number of halogens is 3. The van der Waals surface area contributed by atoms with Gasteiger partial charge in [-0.2, -0.15) is 0 Å². The molecule has 1 N–H and O–H groups in total. The van der Waals surface area contributed by atoms with E-state index in [0.717, 1.165) is 19.3 Å². The topological polar surface area (TPSA) is 29.5 Å². The van der Waals surface area contributed by atoms with Gasteiger partial charge in [0, 0.05) is 5.56 Å². The summed E-state index contributed by atoms with van der Waals surface area (Å²) in [5.74, 6) is 0.0481. The van der Waals surface area contributed by atoms with Gasteiger partial charge in [0.05, 0.1) is 5.60 Å². The molecule has 0 spiro atoms. The smallest absolute Gasteiger partial charge is 0.405 e. The molecule has 0 saturated heterocycles. The van der Waals surface area contributed by atoms with Gasteiger partial charge in [-0.1, -0.05) is 38.0 Å². The Labute approximate surface area is 116 Å². The Kier molecular flexibility index (Phi) is 4.28. The lowest BCUT2D eigenvalue weighted by Crippen LogP contribution is -2.33. The second kappa shape index (κ2) is 5.64. The standard InChI is InChI=1S/C15H19F3O2/c1-2-11-6-5-9-14(19,10-11)12-7-3-4-8-13(12)20-15(16,17)18/h3-4,7-8,11,19H,2,5-6,9-10H2,1H3. The highest BCUT2D eigenvalue weighted by Gasteiger charge is 2.40. The lowest BCUT2D eigenvalue weighted by Gasteiger charge is -2.37. The lowest BCUT2D eigenvalue weighted by molar-refractivity contribution is -0.275. The van der Waals surface area contributed by atoms with Crippen LogP contribution in [0.5, 0.6) is 5.75 Å². The van der Waals surface area contributed by atoms with E-state index < -0.39 is 12.0 Å². The van der Waals surface area contributed by atoms with E-state index >= 15 is 0 Å². The summed E-state index contributed by atoms with van der Waals surface area (Å²) in [5, 5.41) is 10.8. The summed E-state index contributed by atoms with van der Waals surface area (Å²) in [4.78, 5) is 0. The van der Waals surface area contributed by atoms with Gasteiger partial charge in [-0.25, -0.2) is 0 Å². The first-order chi connectivity index (χ1) is 9.34. The van der Waals surface area contributed by atoms with Gasteiger partial charge in [0.25, 0.3) is 0 Å². The second-order valence-corrected chi connectivity index (χ2v) is 5.45. The molecular weight excluding hydrogens is 269 g/mol. The van der Waals surface area contributed by atoms with Gasteiger partial charge in [-0.15, -0.1) is 13.2 Å². The first-order valence-electron chi connectivity index (χ1n) is 6.92. The largest absolute Gasteiger partial charge is 0.573 e. The molecule has 0 heterocycles. The van der Waals surface area contributed by atoms with Gasteiger partial charge in [0.1, 0.15) is 5.75 Å². The molecule has 20 heavy (non-hydrogen) atoms. The third kappa shape index (κ3) is 3.45. The highest BCUT2D eigenvalue weighted by molar-refractivity contribution is 5.38. The molecule has 112 valence electrons. The molecule has 1 aliphatic carbocycles. The average Bonchev–Trinajstić information content (AvgIpc) is 2.37. The molecule has 0 aromatic heterocycles. The number of hydrogen-bond acceptors (Lipinski definition) is 2. The number of hydrogen-bond donors (Lipinski definition) is 1. The Morgan fingerprint density at radius 3 is 2.70 bits per heavy atom. The summed E-state index contributed by atoms with van der Waals surface area (Å²) >= 11 is 0. The van der Waals surface area contributed by atoms with Gasteiger partial charge >= 0.3 is 6.36 Å². The molecule has 1 fully saturated rings. The molecule has 2 atom stereocenters. The molecule has 0 bridgehead atoms. The fourth-order valence-electron chi connectivity index (χ4n) is 3.02. The fraction of sp³-hybridized carbons (Fsp3) is 0.600. The summed E-state index contributed by atoms with van der Waals surface area (Å²) in [6, 6.07) is 5.90. The van der Waals surface area contributed by atoms with Crippen molar-refractivity contribution in [1.82, 2.24) is 0 Å². The molecular formula is C15H19F3O2. The third-order valence-corrected chi connectivity index (χ3v) is 4.02. The van der Waals surface area contributed by atoms with E-state index in [4.69, 9.17) is 0 Å². The van der Waals surface area contributed by atoms with E-state index in [0.29, 0.717) is 18.8 Å². The van der Waals surface area contributed by atoms with E-state index in [-0.39, 0.29) is 11.3 Å². The molecule has 1 aromatic rings. The highest BCUT2D eigenvalue weighted by Crippen LogP contribution is 2.44. The van der Waals surface area contributed by atoms with E-state index in [2.05, 4.69) is 4.74 Å². The minimum absolute atomic E-state index is 0.246. The van der Waals surface area contributed by atoms with Crippen LogP contribution in [0.3, 0.4) is 0 Å². The van der Waals surface area contributed by atoms with Crippen LogP contribution in [0.1, 0.15) is 44.6 Å². The second-order valence-electron chi connectivity index (χ2n) is 5.45. The number of aliphatic hydroxyl groups is 1. The van der Waals surface area contributed by atoms with E-state index in [1.165, 1.54) is 18.2 Å². The maximum Gasteiger partial charge on any atom is 0.573 e. The Morgan fingerprint density at radius 2 is 2.05 bits per heavy atom. The van der Waals surface area contributed by atoms with Gasteiger partial charge in [-0.3, -0.25) is 0 Å². The first-order valence-corrected chi connectivity index (χ1v) is 6.92. The first kappa shape index (κ1) is 15.2. The average molecular weight is 288 g/mol. The van der Waals surface area contributed by atoms with Crippen LogP contribution in [0.4, 0.5) is 13.2 Å². The van der Waals surface area contributed by atoms with Gasteiger partial charge in [0.15, 0.2) is 0 Å². The number of rotatable bonds is 3. The monoisotopic (exact) mass is 288 g/mol. The van der Waals surface area contributed by atoms with Gasteiger partial charge in [0.2, 0.25) is 0 Å². The van der Waals surface area contributed by atoms with Crippen molar-refractivity contribution in [3.63, 3.8) is 0 Å². The van der Waals surface area contributed by atoms with Crippen molar-refractivity contribution in [2.75, 3.05) is 0 Å². The molecule has 2 unspecified atom stereocenters. The van der Waals surface area contributed by atoms with Crippen molar-refractivity contribution >= 4 is 0 Å². The summed E-state index contributed by atoms with van der Waals surface area (Å²) in [6.07, 6.45) is -1.03. The predicted molar refractivity (Wildman–Crippen MR) is 69.3 cm³/mol. The zero-order valence-corrected chi connectivity index (χ0v) is 11.4. The Morgan fingerprint density at radius 1 is 1.35 bits per heavy atom. The summed E-state index contributed by atoms with van der Waals surface area (Å²) in [7, 11) is 0. The van der Waals surface area contributed by atoms with Gasteiger partial charge in [-0.05, 0) is 31.2 Å². The van der Waals surface area contributed by atoms with Crippen molar-refractivity contribution in [3.05, 3.63) is 29.8 Å². The van der Waals surface area contributed by atoms with Crippen LogP contribution in [0.2, 0.25) is 0 Å². The summed E-state index contributed by atoms with van der Waals surface area (Å²) in [5.41, 5.74) is -0.976. The van der Waals surface area contributed by atoms with E-state index in [1.54, 1.807) is 6.07 Å². The fourth-order valence-corrected chi connectivity index (χ4v) is 3.02. The van der Waals surface area contributed by atoms with E-state index in [1.807, 2.05) is 6.92 Å². The van der Waals surface area contributed by atoms with Crippen molar-refractivity contribution in [1.29, 1.82) is 0 Å². The molecule has 0 radical (unpaired) electrons. The molecule has 1 aromatic carbocycles. The van der Waals surface area contributed by atoms with Crippen LogP contribution in [0.25, 0.3) is 0 Å². The van der Waals surface area contributed by atoms with Crippen molar-refractivity contribution in [3.8, 4) is 5.75 Å². The number of ether oxygens (including phenoxy) is 1. The Hall–Kier alpha value is -1.23. The predicted octanol–water partition coefficient (Wildman–Crippen LogP) is 4.37. The SMILES string of the molecule is CCC1CCCC(O)(c2ccccc2OC(F)(F)F)C1. The van der Waals surface area contributed by atoms with Crippen molar-refractivity contribution in [2.45, 2.75) is 51.0 Å². The van der Waals surface area contributed by atoms with Crippen LogP contribution in [-0.2, 0) is 5.60 Å².